The molecule has 2 N–H and O–H groups in total. The number of anilines is 1. The SMILES string of the molecule is N#Cc1c(F)cccc1NCc1cccc2cc[nH]c12. The van der Waals surface area contributed by atoms with Gasteiger partial charge >= 0.3 is 0 Å². The number of hydrogen-bond donors (Lipinski definition) is 2. The maximum Gasteiger partial charge on any atom is 0.143 e. The Labute approximate surface area is 115 Å². The molecule has 98 valence electrons. The highest BCUT2D eigenvalue weighted by atomic mass is 19.1. The van der Waals surface area contributed by atoms with Crippen LogP contribution < -0.4 is 5.32 Å². The average Bonchev–Trinajstić information content (AvgIpc) is 2.94. The third-order valence-corrected chi connectivity index (χ3v) is 3.27. The summed E-state index contributed by atoms with van der Waals surface area (Å²) in [6, 6.07) is 14.5. The van der Waals surface area contributed by atoms with Gasteiger partial charge in [-0.05, 0) is 29.1 Å². The second kappa shape index (κ2) is 5.06. The topological polar surface area (TPSA) is 51.6 Å². The van der Waals surface area contributed by atoms with Crippen LogP contribution in [0.25, 0.3) is 10.9 Å². The molecule has 0 fully saturated rings. The van der Waals surface area contributed by atoms with Gasteiger partial charge in [0.15, 0.2) is 0 Å². The van der Waals surface area contributed by atoms with Crippen LogP contribution in [0.5, 0.6) is 0 Å². The van der Waals surface area contributed by atoms with Crippen molar-refractivity contribution in [2.24, 2.45) is 0 Å². The van der Waals surface area contributed by atoms with E-state index in [1.165, 1.54) is 6.07 Å². The molecule has 4 heteroatoms. The molecule has 3 aromatic rings. The highest BCUT2D eigenvalue weighted by Crippen LogP contribution is 2.21. The molecule has 20 heavy (non-hydrogen) atoms. The van der Waals surface area contributed by atoms with Crippen molar-refractivity contribution in [3.05, 3.63) is 65.6 Å². The molecule has 0 saturated carbocycles. The van der Waals surface area contributed by atoms with Crippen molar-refractivity contribution in [3.8, 4) is 6.07 Å². The molecule has 0 atom stereocenters. The number of aromatic amines is 1. The molecule has 3 nitrogen and oxygen atoms in total. The number of benzene rings is 2. The van der Waals surface area contributed by atoms with Gasteiger partial charge in [0.1, 0.15) is 17.4 Å². The Kier molecular flexibility index (Phi) is 3.10. The molecule has 0 aliphatic rings. The Bertz CT molecular complexity index is 799. The molecule has 3 rings (SSSR count). The van der Waals surface area contributed by atoms with E-state index in [-0.39, 0.29) is 5.56 Å². The van der Waals surface area contributed by atoms with Crippen LogP contribution in [0.4, 0.5) is 10.1 Å². The zero-order chi connectivity index (χ0) is 13.9. The van der Waals surface area contributed by atoms with Crippen molar-refractivity contribution in [2.75, 3.05) is 5.32 Å². The van der Waals surface area contributed by atoms with E-state index < -0.39 is 5.82 Å². The van der Waals surface area contributed by atoms with Crippen LogP contribution in [-0.4, -0.2) is 4.98 Å². The summed E-state index contributed by atoms with van der Waals surface area (Å²) in [5.41, 5.74) is 2.68. The molecule has 0 unspecified atom stereocenters. The van der Waals surface area contributed by atoms with Crippen LogP contribution in [0.15, 0.2) is 48.7 Å². The number of rotatable bonds is 3. The van der Waals surface area contributed by atoms with Crippen molar-refractivity contribution >= 4 is 16.6 Å². The van der Waals surface area contributed by atoms with Gasteiger partial charge in [0.2, 0.25) is 0 Å². The molecule has 0 amide bonds. The van der Waals surface area contributed by atoms with Gasteiger partial charge in [0.05, 0.1) is 11.2 Å². The molecule has 0 spiro atoms. The Morgan fingerprint density at radius 2 is 2.00 bits per heavy atom. The maximum absolute atomic E-state index is 13.5. The first-order valence-electron chi connectivity index (χ1n) is 6.27. The Morgan fingerprint density at radius 1 is 1.15 bits per heavy atom. The summed E-state index contributed by atoms with van der Waals surface area (Å²) in [4.78, 5) is 3.19. The monoisotopic (exact) mass is 265 g/mol. The Balaban J connectivity index is 1.89. The van der Waals surface area contributed by atoms with E-state index in [1.807, 2.05) is 36.5 Å². The fourth-order valence-corrected chi connectivity index (χ4v) is 2.27. The van der Waals surface area contributed by atoms with Crippen molar-refractivity contribution in [3.63, 3.8) is 0 Å². The van der Waals surface area contributed by atoms with Crippen LogP contribution in [-0.2, 0) is 6.54 Å². The standard InChI is InChI=1S/C16H12FN3/c17-14-5-2-6-15(13(14)9-18)20-10-12-4-1-3-11-7-8-19-16(11)12/h1-8,19-20H,10H2. The molecule has 0 radical (unpaired) electrons. The lowest BCUT2D eigenvalue weighted by molar-refractivity contribution is 0.624. The summed E-state index contributed by atoms with van der Waals surface area (Å²) in [7, 11) is 0. The second-order valence-electron chi connectivity index (χ2n) is 4.49. The van der Waals surface area contributed by atoms with Crippen molar-refractivity contribution in [1.29, 1.82) is 5.26 Å². The normalized spacial score (nSPS) is 10.4. The number of H-pyrrole nitrogens is 1. The van der Waals surface area contributed by atoms with E-state index >= 15 is 0 Å². The molecule has 2 aromatic carbocycles. The third-order valence-electron chi connectivity index (χ3n) is 3.27. The molecular weight excluding hydrogens is 253 g/mol. The van der Waals surface area contributed by atoms with Gasteiger partial charge < -0.3 is 10.3 Å². The lowest BCUT2D eigenvalue weighted by Gasteiger charge is -2.09. The van der Waals surface area contributed by atoms with Crippen LogP contribution in [0.1, 0.15) is 11.1 Å². The number of halogens is 1. The minimum absolute atomic E-state index is 0.0474. The molecular formula is C16H12FN3. The summed E-state index contributed by atoms with van der Waals surface area (Å²) in [6.07, 6.45) is 1.89. The number of fused-ring (bicyclic) bond motifs is 1. The first-order chi connectivity index (χ1) is 9.79. The van der Waals surface area contributed by atoms with Gasteiger partial charge in [0.25, 0.3) is 0 Å². The number of hydrogen-bond acceptors (Lipinski definition) is 2. The third kappa shape index (κ3) is 2.10. The summed E-state index contributed by atoms with van der Waals surface area (Å²) in [5, 5.41) is 13.2. The van der Waals surface area contributed by atoms with Gasteiger partial charge in [-0.2, -0.15) is 5.26 Å². The summed E-state index contributed by atoms with van der Waals surface area (Å²) in [6.45, 7) is 0.524. The second-order valence-corrected chi connectivity index (χ2v) is 4.49. The van der Waals surface area contributed by atoms with Crippen LogP contribution in [0, 0.1) is 17.1 Å². The lowest BCUT2D eigenvalue weighted by atomic mass is 10.1. The van der Waals surface area contributed by atoms with E-state index in [1.54, 1.807) is 12.1 Å². The highest BCUT2D eigenvalue weighted by Gasteiger charge is 2.08. The summed E-state index contributed by atoms with van der Waals surface area (Å²) >= 11 is 0. The van der Waals surface area contributed by atoms with Gasteiger partial charge in [-0.1, -0.05) is 24.3 Å². The fraction of sp³-hybridized carbons (Fsp3) is 0.0625. The highest BCUT2D eigenvalue weighted by molar-refractivity contribution is 5.82. The zero-order valence-corrected chi connectivity index (χ0v) is 10.7. The maximum atomic E-state index is 13.5. The van der Waals surface area contributed by atoms with Gasteiger partial charge in [-0.25, -0.2) is 4.39 Å². The van der Waals surface area contributed by atoms with Gasteiger partial charge in [0, 0.05) is 12.7 Å². The minimum atomic E-state index is -0.504. The first-order valence-corrected chi connectivity index (χ1v) is 6.27. The predicted octanol–water partition coefficient (Wildman–Crippen LogP) is 3.79. The average molecular weight is 265 g/mol. The first kappa shape index (κ1) is 12.2. The van der Waals surface area contributed by atoms with Gasteiger partial charge in [-0.15, -0.1) is 0 Å². The number of nitrogens with one attached hydrogen (secondary N) is 2. The molecule has 0 bridgehead atoms. The van der Waals surface area contributed by atoms with Crippen LogP contribution >= 0.6 is 0 Å². The Morgan fingerprint density at radius 3 is 2.85 bits per heavy atom. The van der Waals surface area contributed by atoms with E-state index in [0.717, 1.165) is 16.5 Å². The number of para-hydroxylation sites is 1. The number of aromatic nitrogens is 1. The molecule has 0 saturated heterocycles. The van der Waals surface area contributed by atoms with Crippen molar-refractivity contribution < 1.29 is 4.39 Å². The fourth-order valence-electron chi connectivity index (χ4n) is 2.27. The lowest BCUT2D eigenvalue weighted by Crippen LogP contribution is -2.03. The molecule has 1 heterocycles. The summed E-state index contributed by atoms with van der Waals surface area (Å²) in [5.74, 6) is -0.504. The van der Waals surface area contributed by atoms with Crippen LogP contribution in [0.3, 0.4) is 0 Å². The van der Waals surface area contributed by atoms with Crippen LogP contribution in [0.2, 0.25) is 0 Å². The van der Waals surface area contributed by atoms with E-state index in [0.29, 0.717) is 12.2 Å². The number of nitrogens with zero attached hydrogens (tertiary/aromatic N) is 1. The van der Waals surface area contributed by atoms with E-state index in [2.05, 4.69) is 10.3 Å². The number of nitriles is 1. The zero-order valence-electron chi connectivity index (χ0n) is 10.7. The summed E-state index contributed by atoms with van der Waals surface area (Å²) < 4.78 is 13.5. The smallest absolute Gasteiger partial charge is 0.143 e. The van der Waals surface area contributed by atoms with E-state index in [4.69, 9.17) is 5.26 Å². The predicted molar refractivity (Wildman–Crippen MR) is 76.7 cm³/mol. The van der Waals surface area contributed by atoms with E-state index in [9.17, 15) is 4.39 Å². The van der Waals surface area contributed by atoms with Gasteiger partial charge in [-0.3, -0.25) is 0 Å². The Hall–Kier alpha value is -2.80. The largest absolute Gasteiger partial charge is 0.380 e. The van der Waals surface area contributed by atoms with Crippen molar-refractivity contribution in [2.45, 2.75) is 6.54 Å². The minimum Gasteiger partial charge on any atom is -0.380 e. The molecule has 0 aliphatic carbocycles. The molecule has 1 aromatic heterocycles. The quantitative estimate of drug-likeness (QED) is 0.757. The molecule has 0 aliphatic heterocycles. The van der Waals surface area contributed by atoms with Crippen molar-refractivity contribution in [1.82, 2.24) is 4.98 Å².